The quantitative estimate of drug-likeness (QED) is 0.816. The van der Waals surface area contributed by atoms with E-state index in [1.165, 1.54) is 6.20 Å². The van der Waals surface area contributed by atoms with E-state index in [1.54, 1.807) is 29.0 Å². The Morgan fingerprint density at radius 1 is 1.07 bits per heavy atom. The molecular formula is C21H23N3O4. The average molecular weight is 381 g/mol. The van der Waals surface area contributed by atoms with Gasteiger partial charge in [-0.05, 0) is 24.3 Å². The summed E-state index contributed by atoms with van der Waals surface area (Å²) in [5.41, 5.74) is 1.49. The fourth-order valence-corrected chi connectivity index (χ4v) is 3.64. The van der Waals surface area contributed by atoms with E-state index in [4.69, 9.17) is 9.47 Å². The Labute approximate surface area is 163 Å². The number of ether oxygens (including phenoxy) is 2. The van der Waals surface area contributed by atoms with E-state index in [9.17, 15) is 9.59 Å². The number of nitrogens with zero attached hydrogens (tertiary/aromatic N) is 3. The molecule has 2 aromatic rings. The SMILES string of the molecule is CN(C(=O)c1ccnc(C(=O)N2CCC3(CC2)OCCO3)c1)c1ccccc1. The van der Waals surface area contributed by atoms with Gasteiger partial charge in [-0.2, -0.15) is 0 Å². The first-order valence-corrected chi connectivity index (χ1v) is 9.44. The fraction of sp³-hybridized carbons (Fsp3) is 0.381. The molecule has 2 fully saturated rings. The van der Waals surface area contributed by atoms with Crippen LogP contribution in [-0.4, -0.2) is 60.8 Å². The maximum Gasteiger partial charge on any atom is 0.272 e. The normalized spacial score (nSPS) is 18.2. The van der Waals surface area contributed by atoms with Crippen LogP contribution >= 0.6 is 0 Å². The van der Waals surface area contributed by atoms with Crippen LogP contribution in [0.1, 0.15) is 33.7 Å². The molecule has 3 heterocycles. The lowest BCUT2D eigenvalue weighted by Crippen LogP contribution is -2.47. The molecule has 2 aliphatic rings. The van der Waals surface area contributed by atoms with Gasteiger partial charge in [-0.25, -0.2) is 0 Å². The topological polar surface area (TPSA) is 72.0 Å². The molecule has 2 amide bonds. The molecule has 7 heteroatoms. The molecule has 0 atom stereocenters. The molecule has 1 aromatic carbocycles. The number of pyridine rings is 1. The number of hydrogen-bond acceptors (Lipinski definition) is 5. The van der Waals surface area contributed by atoms with E-state index in [2.05, 4.69) is 4.98 Å². The molecule has 0 unspecified atom stereocenters. The second kappa shape index (κ2) is 7.69. The van der Waals surface area contributed by atoms with Crippen LogP contribution in [0.3, 0.4) is 0 Å². The molecule has 2 saturated heterocycles. The number of amides is 2. The van der Waals surface area contributed by atoms with Crippen molar-refractivity contribution in [2.24, 2.45) is 0 Å². The van der Waals surface area contributed by atoms with Crippen molar-refractivity contribution in [1.82, 2.24) is 9.88 Å². The van der Waals surface area contributed by atoms with Gasteiger partial charge in [0.25, 0.3) is 11.8 Å². The molecule has 0 saturated carbocycles. The Morgan fingerprint density at radius 2 is 1.75 bits per heavy atom. The molecule has 0 aliphatic carbocycles. The van der Waals surface area contributed by atoms with Crippen molar-refractivity contribution in [3.05, 3.63) is 59.9 Å². The van der Waals surface area contributed by atoms with Gasteiger partial charge in [0.05, 0.1) is 13.2 Å². The third kappa shape index (κ3) is 3.63. The molecule has 1 spiro atoms. The number of carbonyl (C=O) groups is 2. The summed E-state index contributed by atoms with van der Waals surface area (Å²) in [4.78, 5) is 33.2. The van der Waals surface area contributed by atoms with Crippen LogP contribution in [0.4, 0.5) is 5.69 Å². The van der Waals surface area contributed by atoms with Gasteiger partial charge in [-0.3, -0.25) is 14.6 Å². The number of aromatic nitrogens is 1. The minimum Gasteiger partial charge on any atom is -0.347 e. The van der Waals surface area contributed by atoms with Crippen LogP contribution in [0.2, 0.25) is 0 Å². The predicted molar refractivity (Wildman–Crippen MR) is 103 cm³/mol. The largest absolute Gasteiger partial charge is 0.347 e. The van der Waals surface area contributed by atoms with Crippen molar-refractivity contribution in [2.45, 2.75) is 18.6 Å². The lowest BCUT2D eigenvalue weighted by atomic mass is 10.0. The predicted octanol–water partition coefficient (Wildman–Crippen LogP) is 2.34. The molecular weight excluding hydrogens is 358 g/mol. The molecule has 28 heavy (non-hydrogen) atoms. The maximum absolute atomic E-state index is 12.9. The van der Waals surface area contributed by atoms with E-state index < -0.39 is 5.79 Å². The van der Waals surface area contributed by atoms with E-state index >= 15 is 0 Å². The van der Waals surface area contributed by atoms with Crippen LogP contribution in [-0.2, 0) is 9.47 Å². The lowest BCUT2D eigenvalue weighted by molar-refractivity contribution is -0.181. The Bertz CT molecular complexity index is 855. The highest BCUT2D eigenvalue weighted by molar-refractivity contribution is 6.06. The van der Waals surface area contributed by atoms with Crippen molar-refractivity contribution >= 4 is 17.5 Å². The van der Waals surface area contributed by atoms with Crippen LogP contribution < -0.4 is 4.90 Å². The van der Waals surface area contributed by atoms with Gasteiger partial charge in [0, 0.05) is 50.4 Å². The smallest absolute Gasteiger partial charge is 0.272 e. The van der Waals surface area contributed by atoms with Gasteiger partial charge in [-0.1, -0.05) is 18.2 Å². The highest BCUT2D eigenvalue weighted by Crippen LogP contribution is 2.31. The second-order valence-electron chi connectivity index (χ2n) is 7.03. The van der Waals surface area contributed by atoms with Gasteiger partial charge >= 0.3 is 0 Å². The number of anilines is 1. The first-order valence-electron chi connectivity index (χ1n) is 9.44. The first-order chi connectivity index (χ1) is 13.6. The summed E-state index contributed by atoms with van der Waals surface area (Å²) in [6.45, 7) is 2.30. The van der Waals surface area contributed by atoms with E-state index in [1.807, 2.05) is 30.3 Å². The summed E-state index contributed by atoms with van der Waals surface area (Å²) in [5.74, 6) is -0.890. The fourth-order valence-electron chi connectivity index (χ4n) is 3.64. The van der Waals surface area contributed by atoms with E-state index in [0.717, 1.165) is 5.69 Å². The molecule has 7 nitrogen and oxygen atoms in total. The average Bonchev–Trinajstić information content (AvgIpc) is 3.21. The molecule has 1 aromatic heterocycles. The number of rotatable bonds is 3. The second-order valence-corrected chi connectivity index (χ2v) is 7.03. The first kappa shape index (κ1) is 18.6. The summed E-state index contributed by atoms with van der Waals surface area (Å²) in [7, 11) is 1.71. The Balaban J connectivity index is 1.46. The molecule has 0 bridgehead atoms. The number of piperidine rings is 1. The van der Waals surface area contributed by atoms with Crippen LogP contribution in [0.15, 0.2) is 48.7 Å². The molecule has 4 rings (SSSR count). The number of benzene rings is 1. The zero-order valence-electron chi connectivity index (χ0n) is 15.8. The zero-order chi connectivity index (χ0) is 19.6. The standard InChI is InChI=1S/C21H23N3O4/c1-23(17-5-3-2-4-6-17)19(25)16-7-10-22-18(15-16)20(26)24-11-8-21(9-12-24)27-13-14-28-21/h2-7,10,15H,8-9,11-14H2,1H3. The highest BCUT2D eigenvalue weighted by Gasteiger charge is 2.41. The van der Waals surface area contributed by atoms with Gasteiger partial charge in [-0.15, -0.1) is 0 Å². The van der Waals surface area contributed by atoms with E-state index in [-0.39, 0.29) is 17.5 Å². The summed E-state index contributed by atoms with van der Waals surface area (Å²) >= 11 is 0. The van der Waals surface area contributed by atoms with Crippen molar-refractivity contribution in [2.75, 3.05) is 38.3 Å². The van der Waals surface area contributed by atoms with Gasteiger partial charge < -0.3 is 19.3 Å². The summed E-state index contributed by atoms with van der Waals surface area (Å²) in [6.07, 6.45) is 2.80. The maximum atomic E-state index is 12.9. The molecule has 0 N–H and O–H groups in total. The molecule has 0 radical (unpaired) electrons. The minimum atomic E-state index is -0.527. The Morgan fingerprint density at radius 3 is 2.43 bits per heavy atom. The van der Waals surface area contributed by atoms with Crippen molar-refractivity contribution < 1.29 is 19.1 Å². The number of hydrogen-bond donors (Lipinski definition) is 0. The van der Waals surface area contributed by atoms with E-state index in [0.29, 0.717) is 44.7 Å². The third-order valence-corrected chi connectivity index (χ3v) is 5.30. The van der Waals surface area contributed by atoms with Crippen molar-refractivity contribution in [1.29, 1.82) is 0 Å². The number of likely N-dealkylation sites (tertiary alicyclic amines) is 1. The van der Waals surface area contributed by atoms with Gasteiger partial charge in [0.1, 0.15) is 5.69 Å². The zero-order valence-corrected chi connectivity index (χ0v) is 15.8. The number of para-hydroxylation sites is 1. The van der Waals surface area contributed by atoms with Crippen LogP contribution in [0, 0.1) is 0 Å². The van der Waals surface area contributed by atoms with Crippen molar-refractivity contribution in [3.8, 4) is 0 Å². The summed E-state index contributed by atoms with van der Waals surface area (Å²) in [5, 5.41) is 0. The lowest BCUT2D eigenvalue weighted by Gasteiger charge is -2.37. The van der Waals surface area contributed by atoms with Gasteiger partial charge in [0.2, 0.25) is 0 Å². The van der Waals surface area contributed by atoms with Crippen molar-refractivity contribution in [3.63, 3.8) is 0 Å². The number of carbonyl (C=O) groups excluding carboxylic acids is 2. The van der Waals surface area contributed by atoms with Gasteiger partial charge in [0.15, 0.2) is 5.79 Å². The van der Waals surface area contributed by atoms with Crippen LogP contribution in [0.25, 0.3) is 0 Å². The Hall–Kier alpha value is -2.77. The Kier molecular flexibility index (Phi) is 5.11. The monoisotopic (exact) mass is 381 g/mol. The van der Waals surface area contributed by atoms with Crippen LogP contribution in [0.5, 0.6) is 0 Å². The molecule has 2 aliphatic heterocycles. The third-order valence-electron chi connectivity index (χ3n) is 5.30. The summed E-state index contributed by atoms with van der Waals surface area (Å²) < 4.78 is 11.4. The summed E-state index contributed by atoms with van der Waals surface area (Å²) in [6, 6.07) is 12.6. The molecule has 146 valence electrons. The highest BCUT2D eigenvalue weighted by atomic mass is 16.7. The minimum absolute atomic E-state index is 0.176.